The summed E-state index contributed by atoms with van der Waals surface area (Å²) in [6, 6.07) is 8.15. The molecule has 0 saturated heterocycles. The van der Waals surface area contributed by atoms with Crippen LogP contribution < -0.4 is 0 Å². The van der Waals surface area contributed by atoms with E-state index in [2.05, 4.69) is 15.9 Å². The first-order valence-corrected chi connectivity index (χ1v) is 6.62. The number of ketones is 2. The van der Waals surface area contributed by atoms with E-state index in [1.54, 1.807) is 12.1 Å². The second-order valence-corrected chi connectivity index (χ2v) is 5.26. The topological polar surface area (TPSA) is 34.1 Å². The van der Waals surface area contributed by atoms with Gasteiger partial charge in [-0.2, -0.15) is 0 Å². The van der Waals surface area contributed by atoms with Crippen LogP contribution in [-0.4, -0.2) is 11.6 Å². The van der Waals surface area contributed by atoms with Crippen LogP contribution in [0.5, 0.6) is 0 Å². The van der Waals surface area contributed by atoms with Crippen molar-refractivity contribution in [1.29, 1.82) is 0 Å². The zero-order valence-corrected chi connectivity index (χ0v) is 11.6. The highest BCUT2D eigenvalue weighted by Crippen LogP contribution is 2.39. The predicted octanol–water partition coefficient (Wildman–Crippen LogP) is 3.89. The molecule has 0 unspecified atom stereocenters. The average Bonchev–Trinajstić information content (AvgIpc) is 2.69. The maximum Gasteiger partial charge on any atom is 0.179 e. The lowest BCUT2D eigenvalue weighted by Gasteiger charge is -2.11. The molecule has 5 heteroatoms. The second-order valence-electron chi connectivity index (χ2n) is 4.46. The molecule has 0 saturated carbocycles. The van der Waals surface area contributed by atoms with Crippen LogP contribution in [0.25, 0.3) is 0 Å². The molecule has 0 radical (unpaired) electrons. The first-order valence-electron chi connectivity index (χ1n) is 5.83. The summed E-state index contributed by atoms with van der Waals surface area (Å²) in [6.07, 6.45) is 0. The van der Waals surface area contributed by atoms with Crippen molar-refractivity contribution in [2.24, 2.45) is 0 Å². The number of hydrogen-bond acceptors (Lipinski definition) is 2. The molecule has 0 heterocycles. The van der Waals surface area contributed by atoms with E-state index in [4.69, 9.17) is 0 Å². The molecular weight excluding hydrogens is 330 g/mol. The minimum Gasteiger partial charge on any atom is -0.293 e. The number of halogens is 3. The number of benzene rings is 2. The Hall–Kier alpha value is -1.88. The van der Waals surface area contributed by atoms with E-state index in [0.29, 0.717) is 0 Å². The van der Waals surface area contributed by atoms with Gasteiger partial charge in [-0.3, -0.25) is 9.59 Å². The van der Waals surface area contributed by atoms with Gasteiger partial charge in [-0.25, -0.2) is 8.78 Å². The minimum atomic E-state index is -1.32. The molecule has 20 heavy (non-hydrogen) atoms. The van der Waals surface area contributed by atoms with Crippen LogP contribution in [0.3, 0.4) is 0 Å². The zero-order chi connectivity index (χ0) is 14.4. The number of carbonyl (C=O) groups excluding carboxylic acids is 2. The molecule has 0 aliphatic heterocycles. The Bertz CT molecular complexity index is 721. The Kier molecular flexibility index (Phi) is 3.01. The van der Waals surface area contributed by atoms with E-state index in [-0.39, 0.29) is 21.2 Å². The van der Waals surface area contributed by atoms with Crippen LogP contribution in [0.4, 0.5) is 8.78 Å². The van der Waals surface area contributed by atoms with Crippen LogP contribution in [0.1, 0.15) is 32.2 Å². The van der Waals surface area contributed by atoms with Crippen molar-refractivity contribution in [2.45, 2.75) is 5.92 Å². The van der Waals surface area contributed by atoms with Crippen LogP contribution in [0, 0.1) is 11.6 Å². The quantitative estimate of drug-likeness (QED) is 0.584. The van der Waals surface area contributed by atoms with Gasteiger partial charge in [-0.1, -0.05) is 24.3 Å². The lowest BCUT2D eigenvalue weighted by Crippen LogP contribution is -2.16. The number of Topliss-reactive ketones (excluding diaryl/α,β-unsaturated/α-hetero) is 2. The molecule has 100 valence electrons. The van der Waals surface area contributed by atoms with E-state index in [9.17, 15) is 18.4 Å². The van der Waals surface area contributed by atoms with Gasteiger partial charge in [0, 0.05) is 16.7 Å². The van der Waals surface area contributed by atoms with Crippen molar-refractivity contribution in [2.75, 3.05) is 0 Å². The third-order valence-corrected chi connectivity index (χ3v) is 4.16. The van der Waals surface area contributed by atoms with E-state index >= 15 is 0 Å². The second kappa shape index (κ2) is 4.59. The van der Waals surface area contributed by atoms with Crippen LogP contribution in [0.2, 0.25) is 0 Å². The molecule has 2 aromatic carbocycles. The Balaban J connectivity index is 2.22. The molecule has 0 N–H and O–H groups in total. The molecule has 0 aromatic heterocycles. The molecule has 3 rings (SSSR count). The lowest BCUT2D eigenvalue weighted by atomic mass is 9.93. The lowest BCUT2D eigenvalue weighted by molar-refractivity contribution is 0.0887. The summed E-state index contributed by atoms with van der Waals surface area (Å²) in [5, 5.41) is 0. The van der Waals surface area contributed by atoms with E-state index in [1.165, 1.54) is 12.1 Å². The summed E-state index contributed by atoms with van der Waals surface area (Å²) in [5.41, 5.74) is 0.257. The number of hydrogen-bond donors (Lipinski definition) is 0. The molecule has 2 nitrogen and oxygen atoms in total. The van der Waals surface area contributed by atoms with Crippen LogP contribution in [0.15, 0.2) is 40.9 Å². The smallest absolute Gasteiger partial charge is 0.179 e. The molecule has 1 aliphatic rings. The van der Waals surface area contributed by atoms with Gasteiger partial charge in [0.25, 0.3) is 0 Å². The Morgan fingerprint density at radius 1 is 0.850 bits per heavy atom. The fourth-order valence-corrected chi connectivity index (χ4v) is 2.96. The van der Waals surface area contributed by atoms with Crippen molar-refractivity contribution in [3.63, 3.8) is 0 Å². The van der Waals surface area contributed by atoms with Crippen molar-refractivity contribution in [3.05, 3.63) is 69.2 Å². The standard InChI is InChI=1S/C15H7BrF2O2/c16-13-10(18)6-5-9(17)11(13)12-14(19)7-3-1-2-4-8(7)15(12)20/h1-6,12H. The highest BCUT2D eigenvalue weighted by Gasteiger charge is 2.42. The molecule has 0 fully saturated rings. The van der Waals surface area contributed by atoms with E-state index in [0.717, 1.165) is 12.1 Å². The SMILES string of the molecule is O=C1c2ccccc2C(=O)C1c1c(F)ccc(F)c1Br. The fourth-order valence-electron chi connectivity index (χ4n) is 2.41. The maximum atomic E-state index is 14.0. The highest BCUT2D eigenvalue weighted by molar-refractivity contribution is 9.10. The maximum absolute atomic E-state index is 14.0. The molecule has 0 amide bonds. The summed E-state index contributed by atoms with van der Waals surface area (Å²) < 4.78 is 27.3. The predicted molar refractivity (Wildman–Crippen MR) is 71.9 cm³/mol. The highest BCUT2D eigenvalue weighted by atomic mass is 79.9. The summed E-state index contributed by atoms with van der Waals surface area (Å²) in [7, 11) is 0. The first-order chi connectivity index (χ1) is 9.52. The van der Waals surface area contributed by atoms with Gasteiger partial charge in [0.15, 0.2) is 11.6 Å². The van der Waals surface area contributed by atoms with Crippen molar-refractivity contribution in [1.82, 2.24) is 0 Å². The summed E-state index contributed by atoms with van der Waals surface area (Å²) in [5.74, 6) is -3.82. The monoisotopic (exact) mass is 336 g/mol. The summed E-state index contributed by atoms with van der Waals surface area (Å²) in [4.78, 5) is 24.6. The molecule has 0 bridgehead atoms. The van der Waals surface area contributed by atoms with Gasteiger partial charge < -0.3 is 0 Å². The normalized spacial score (nSPS) is 14.8. The van der Waals surface area contributed by atoms with Crippen LogP contribution >= 0.6 is 15.9 Å². The van der Waals surface area contributed by atoms with Gasteiger partial charge in [-0.15, -0.1) is 0 Å². The molecule has 2 aromatic rings. The van der Waals surface area contributed by atoms with E-state index in [1.807, 2.05) is 0 Å². The Labute approximate surface area is 121 Å². The minimum absolute atomic E-state index is 0.183. The van der Waals surface area contributed by atoms with E-state index < -0.39 is 29.1 Å². The van der Waals surface area contributed by atoms with Crippen molar-refractivity contribution >= 4 is 27.5 Å². The molecule has 0 spiro atoms. The van der Waals surface area contributed by atoms with Crippen molar-refractivity contribution < 1.29 is 18.4 Å². The van der Waals surface area contributed by atoms with Gasteiger partial charge >= 0.3 is 0 Å². The Morgan fingerprint density at radius 2 is 1.35 bits per heavy atom. The third kappa shape index (κ3) is 1.73. The number of rotatable bonds is 1. The largest absolute Gasteiger partial charge is 0.293 e. The first kappa shape index (κ1) is 13.1. The molecular formula is C15H7BrF2O2. The Morgan fingerprint density at radius 3 is 1.90 bits per heavy atom. The zero-order valence-electron chi connectivity index (χ0n) is 9.99. The third-order valence-electron chi connectivity index (χ3n) is 3.35. The van der Waals surface area contributed by atoms with Gasteiger partial charge in [0.1, 0.15) is 17.6 Å². The average molecular weight is 337 g/mol. The summed E-state index contributed by atoms with van der Waals surface area (Å²) >= 11 is 2.92. The molecule has 1 aliphatic carbocycles. The van der Waals surface area contributed by atoms with Crippen molar-refractivity contribution in [3.8, 4) is 0 Å². The summed E-state index contributed by atoms with van der Waals surface area (Å²) in [6.45, 7) is 0. The molecule has 0 atom stereocenters. The van der Waals surface area contributed by atoms with Gasteiger partial charge in [0.05, 0.1) is 4.47 Å². The number of carbonyl (C=O) groups is 2. The van der Waals surface area contributed by atoms with Gasteiger partial charge in [-0.05, 0) is 28.1 Å². The fraction of sp³-hybridized carbons (Fsp3) is 0.0667. The van der Waals surface area contributed by atoms with Crippen LogP contribution in [-0.2, 0) is 0 Å². The van der Waals surface area contributed by atoms with Gasteiger partial charge in [0.2, 0.25) is 0 Å². The number of fused-ring (bicyclic) bond motifs is 1.